The zero-order valence-electron chi connectivity index (χ0n) is 9.31. The summed E-state index contributed by atoms with van der Waals surface area (Å²) >= 11 is 0. The number of aromatic amines is 1. The standard InChI is InChI=1S/C12H10FN5/c13-8-2-1-6(14)5-7(8)11-16-9-3-4-10(15)17-12(9)18-11/h1-5H,14H2,(H3,15,16,17,18). The van der Waals surface area contributed by atoms with Gasteiger partial charge in [0.2, 0.25) is 0 Å². The highest BCUT2D eigenvalue weighted by Crippen LogP contribution is 2.24. The molecule has 6 heteroatoms. The van der Waals surface area contributed by atoms with Gasteiger partial charge in [-0.15, -0.1) is 0 Å². The molecule has 0 aliphatic carbocycles. The molecular formula is C12H10FN5. The lowest BCUT2D eigenvalue weighted by atomic mass is 10.2. The van der Waals surface area contributed by atoms with Crippen LogP contribution < -0.4 is 11.5 Å². The molecule has 5 nitrogen and oxygen atoms in total. The third kappa shape index (κ3) is 1.64. The fraction of sp³-hybridized carbons (Fsp3) is 0. The molecule has 0 fully saturated rings. The quantitative estimate of drug-likeness (QED) is 0.569. The van der Waals surface area contributed by atoms with Crippen LogP contribution in [-0.2, 0) is 0 Å². The molecule has 0 aliphatic rings. The van der Waals surface area contributed by atoms with Crippen molar-refractivity contribution in [2.45, 2.75) is 0 Å². The highest BCUT2D eigenvalue weighted by atomic mass is 19.1. The SMILES string of the molecule is Nc1ccc(F)c(-c2nc3nc(N)ccc3[nH]2)c1. The largest absolute Gasteiger partial charge is 0.399 e. The number of H-pyrrole nitrogens is 1. The molecule has 5 N–H and O–H groups in total. The second kappa shape index (κ2) is 3.69. The zero-order valence-corrected chi connectivity index (χ0v) is 9.31. The Morgan fingerprint density at radius 2 is 1.89 bits per heavy atom. The van der Waals surface area contributed by atoms with Crippen molar-refractivity contribution in [2.24, 2.45) is 0 Å². The summed E-state index contributed by atoms with van der Waals surface area (Å²) in [5.74, 6) is 0.359. The minimum Gasteiger partial charge on any atom is -0.399 e. The van der Waals surface area contributed by atoms with Crippen LogP contribution in [0.4, 0.5) is 15.9 Å². The molecule has 0 radical (unpaired) electrons. The Morgan fingerprint density at radius 1 is 1.06 bits per heavy atom. The van der Waals surface area contributed by atoms with E-state index < -0.39 is 5.82 Å². The molecular weight excluding hydrogens is 233 g/mol. The van der Waals surface area contributed by atoms with Crippen LogP contribution >= 0.6 is 0 Å². The molecule has 2 heterocycles. The molecule has 18 heavy (non-hydrogen) atoms. The average Bonchev–Trinajstić information content (AvgIpc) is 2.74. The predicted molar refractivity (Wildman–Crippen MR) is 68.1 cm³/mol. The summed E-state index contributed by atoms with van der Waals surface area (Å²) in [4.78, 5) is 11.2. The van der Waals surface area contributed by atoms with Gasteiger partial charge >= 0.3 is 0 Å². The maximum Gasteiger partial charge on any atom is 0.180 e. The Kier molecular flexibility index (Phi) is 2.16. The van der Waals surface area contributed by atoms with Crippen molar-refractivity contribution >= 4 is 22.7 Å². The molecule has 0 saturated heterocycles. The fourth-order valence-corrected chi connectivity index (χ4v) is 1.76. The first kappa shape index (κ1) is 10.5. The summed E-state index contributed by atoms with van der Waals surface area (Å²) < 4.78 is 13.7. The van der Waals surface area contributed by atoms with Gasteiger partial charge in [0.1, 0.15) is 17.5 Å². The number of rotatable bonds is 1. The topological polar surface area (TPSA) is 93.6 Å². The Morgan fingerprint density at radius 3 is 2.72 bits per heavy atom. The normalized spacial score (nSPS) is 10.9. The monoisotopic (exact) mass is 243 g/mol. The van der Waals surface area contributed by atoms with E-state index in [1.54, 1.807) is 12.1 Å². The van der Waals surface area contributed by atoms with E-state index in [2.05, 4.69) is 15.0 Å². The molecule has 0 spiro atoms. The number of nitrogens with one attached hydrogen (secondary N) is 1. The van der Waals surface area contributed by atoms with Crippen LogP contribution in [-0.4, -0.2) is 15.0 Å². The molecule has 0 unspecified atom stereocenters. The first-order chi connectivity index (χ1) is 8.63. The minimum atomic E-state index is -0.392. The number of hydrogen-bond donors (Lipinski definition) is 3. The summed E-state index contributed by atoms with van der Waals surface area (Å²) in [5.41, 5.74) is 13.1. The highest BCUT2D eigenvalue weighted by molar-refractivity contribution is 5.78. The molecule has 0 amide bonds. The summed E-state index contributed by atoms with van der Waals surface area (Å²) in [6.45, 7) is 0. The third-order valence-electron chi connectivity index (χ3n) is 2.61. The van der Waals surface area contributed by atoms with E-state index >= 15 is 0 Å². The van der Waals surface area contributed by atoms with E-state index in [9.17, 15) is 4.39 Å². The molecule has 3 rings (SSSR count). The van der Waals surface area contributed by atoms with Gasteiger partial charge in [-0.05, 0) is 30.3 Å². The molecule has 0 bridgehead atoms. The number of fused-ring (bicyclic) bond motifs is 1. The Hall–Kier alpha value is -2.63. The van der Waals surface area contributed by atoms with Crippen molar-refractivity contribution in [3.63, 3.8) is 0 Å². The molecule has 3 aromatic rings. The second-order valence-corrected chi connectivity index (χ2v) is 3.93. The Balaban J connectivity index is 2.22. The number of aromatic nitrogens is 3. The smallest absolute Gasteiger partial charge is 0.180 e. The van der Waals surface area contributed by atoms with E-state index in [0.717, 1.165) is 0 Å². The van der Waals surface area contributed by atoms with Gasteiger partial charge in [-0.2, -0.15) is 0 Å². The van der Waals surface area contributed by atoms with E-state index in [1.807, 2.05) is 0 Å². The maximum atomic E-state index is 13.7. The van der Waals surface area contributed by atoms with Crippen LogP contribution in [0.3, 0.4) is 0 Å². The number of nitrogen functional groups attached to an aromatic ring is 2. The maximum absolute atomic E-state index is 13.7. The van der Waals surface area contributed by atoms with Gasteiger partial charge in [0, 0.05) is 5.69 Å². The van der Waals surface area contributed by atoms with Crippen LogP contribution in [0.15, 0.2) is 30.3 Å². The van der Waals surface area contributed by atoms with Gasteiger partial charge in [0.25, 0.3) is 0 Å². The van der Waals surface area contributed by atoms with E-state index in [-0.39, 0.29) is 0 Å². The second-order valence-electron chi connectivity index (χ2n) is 3.93. The van der Waals surface area contributed by atoms with Crippen molar-refractivity contribution in [1.82, 2.24) is 15.0 Å². The molecule has 1 aromatic carbocycles. The lowest BCUT2D eigenvalue weighted by Gasteiger charge is -2.00. The van der Waals surface area contributed by atoms with Gasteiger partial charge in [0.05, 0.1) is 11.1 Å². The molecule has 0 saturated carbocycles. The van der Waals surface area contributed by atoms with E-state index in [0.29, 0.717) is 34.1 Å². The molecule has 0 atom stereocenters. The van der Waals surface area contributed by atoms with Crippen molar-refractivity contribution in [3.05, 3.63) is 36.1 Å². The van der Waals surface area contributed by atoms with Gasteiger partial charge < -0.3 is 16.5 Å². The van der Waals surface area contributed by atoms with Crippen molar-refractivity contribution in [2.75, 3.05) is 11.5 Å². The third-order valence-corrected chi connectivity index (χ3v) is 2.61. The summed E-state index contributed by atoms with van der Waals surface area (Å²) in [6.07, 6.45) is 0. The summed E-state index contributed by atoms with van der Waals surface area (Å²) in [6, 6.07) is 7.73. The van der Waals surface area contributed by atoms with E-state index in [1.165, 1.54) is 18.2 Å². The van der Waals surface area contributed by atoms with Crippen LogP contribution in [0.5, 0.6) is 0 Å². The first-order valence-corrected chi connectivity index (χ1v) is 5.31. The van der Waals surface area contributed by atoms with Crippen LogP contribution in [0.1, 0.15) is 0 Å². The van der Waals surface area contributed by atoms with Gasteiger partial charge in [-0.25, -0.2) is 14.4 Å². The van der Waals surface area contributed by atoms with Gasteiger partial charge in [0.15, 0.2) is 5.65 Å². The average molecular weight is 243 g/mol. The minimum absolute atomic E-state index is 0.312. The number of benzene rings is 1. The lowest BCUT2D eigenvalue weighted by Crippen LogP contribution is -1.91. The van der Waals surface area contributed by atoms with Crippen molar-refractivity contribution in [1.29, 1.82) is 0 Å². The first-order valence-electron chi connectivity index (χ1n) is 5.31. The van der Waals surface area contributed by atoms with E-state index in [4.69, 9.17) is 11.5 Å². The molecule has 2 aromatic heterocycles. The van der Waals surface area contributed by atoms with Gasteiger partial charge in [-0.1, -0.05) is 0 Å². The molecule has 90 valence electrons. The number of nitrogens with two attached hydrogens (primary N) is 2. The summed E-state index contributed by atoms with van der Waals surface area (Å²) in [7, 11) is 0. The fourth-order valence-electron chi connectivity index (χ4n) is 1.76. The zero-order chi connectivity index (χ0) is 12.7. The van der Waals surface area contributed by atoms with Gasteiger partial charge in [-0.3, -0.25) is 0 Å². The van der Waals surface area contributed by atoms with Crippen molar-refractivity contribution in [3.8, 4) is 11.4 Å². The van der Waals surface area contributed by atoms with Crippen LogP contribution in [0.25, 0.3) is 22.6 Å². The summed E-state index contributed by atoms with van der Waals surface area (Å²) in [5, 5.41) is 0. The van der Waals surface area contributed by atoms with Crippen LogP contribution in [0, 0.1) is 5.82 Å². The Bertz CT molecular complexity index is 734. The Labute approximate surface area is 102 Å². The molecule has 0 aliphatic heterocycles. The number of nitrogens with zero attached hydrogens (tertiary/aromatic N) is 2. The van der Waals surface area contributed by atoms with Crippen LogP contribution in [0.2, 0.25) is 0 Å². The number of hydrogen-bond acceptors (Lipinski definition) is 4. The highest BCUT2D eigenvalue weighted by Gasteiger charge is 2.11. The predicted octanol–water partition coefficient (Wildman–Crippen LogP) is 1.93. The van der Waals surface area contributed by atoms with Crippen molar-refractivity contribution < 1.29 is 4.39 Å². The number of imidazole rings is 1. The number of halogens is 1. The lowest BCUT2D eigenvalue weighted by molar-refractivity contribution is 0.630. The number of anilines is 2. The number of pyridine rings is 1.